The van der Waals surface area contributed by atoms with Gasteiger partial charge in [-0.3, -0.25) is 4.79 Å². The lowest BCUT2D eigenvalue weighted by molar-refractivity contribution is -0.148. The quantitative estimate of drug-likeness (QED) is 0.209. The van der Waals surface area contributed by atoms with E-state index >= 15 is 0 Å². The molecule has 0 saturated heterocycles. The van der Waals surface area contributed by atoms with Gasteiger partial charge < -0.3 is 4.74 Å². The molecule has 0 aromatic carbocycles. The Balaban J connectivity index is 3.26. The number of carbonyl (C=O) groups is 1. The fraction of sp³-hybridized carbons (Fsp3) is 0.952. The second kappa shape index (κ2) is 17.8. The smallest absolute Gasteiger partial charge is 0.306 e. The fourth-order valence-corrected chi connectivity index (χ4v) is 2.96. The zero-order valence-electron chi connectivity index (χ0n) is 16.2. The third-order valence-electron chi connectivity index (χ3n) is 4.53. The minimum atomic E-state index is 0.00456. The van der Waals surface area contributed by atoms with Gasteiger partial charge in [-0.2, -0.15) is 0 Å². The zero-order valence-corrected chi connectivity index (χ0v) is 16.2. The first-order valence-electron chi connectivity index (χ1n) is 10.4. The molecule has 0 heterocycles. The minimum Gasteiger partial charge on any atom is -0.463 e. The van der Waals surface area contributed by atoms with E-state index in [0.717, 1.165) is 12.8 Å². The first-order chi connectivity index (χ1) is 11.2. The van der Waals surface area contributed by atoms with Crippen molar-refractivity contribution < 1.29 is 9.53 Å². The number of rotatable bonds is 17. The van der Waals surface area contributed by atoms with E-state index in [1.807, 2.05) is 6.92 Å². The number of hydrogen-bond donors (Lipinski definition) is 0. The van der Waals surface area contributed by atoms with Crippen molar-refractivity contribution in [3.05, 3.63) is 0 Å². The van der Waals surface area contributed by atoms with Gasteiger partial charge in [-0.1, -0.05) is 90.9 Å². The predicted molar refractivity (Wildman–Crippen MR) is 101 cm³/mol. The summed E-state index contributed by atoms with van der Waals surface area (Å²) in [6, 6.07) is 0. The molecule has 0 fully saturated rings. The van der Waals surface area contributed by atoms with E-state index in [1.54, 1.807) is 0 Å². The van der Waals surface area contributed by atoms with Crippen LogP contribution >= 0.6 is 0 Å². The first-order valence-corrected chi connectivity index (χ1v) is 10.4. The maximum Gasteiger partial charge on any atom is 0.306 e. The normalized spacial score (nSPS) is 12.3. The largest absolute Gasteiger partial charge is 0.463 e. The lowest BCUT2D eigenvalue weighted by atomic mass is 10.1. The Morgan fingerprint density at radius 3 is 1.65 bits per heavy atom. The van der Waals surface area contributed by atoms with Gasteiger partial charge in [0, 0.05) is 6.42 Å². The van der Waals surface area contributed by atoms with E-state index in [0.29, 0.717) is 6.42 Å². The van der Waals surface area contributed by atoms with Gasteiger partial charge in [0.15, 0.2) is 0 Å². The number of carbonyl (C=O) groups excluding carboxylic acids is 1. The van der Waals surface area contributed by atoms with Crippen LogP contribution in [-0.4, -0.2) is 12.1 Å². The molecule has 2 nitrogen and oxygen atoms in total. The van der Waals surface area contributed by atoms with Crippen molar-refractivity contribution in [1.82, 2.24) is 0 Å². The molecule has 2 heteroatoms. The van der Waals surface area contributed by atoms with Crippen molar-refractivity contribution >= 4 is 5.97 Å². The summed E-state index contributed by atoms with van der Waals surface area (Å²) in [5.41, 5.74) is 0. The zero-order chi connectivity index (χ0) is 17.2. The summed E-state index contributed by atoms with van der Waals surface area (Å²) in [5, 5.41) is 0. The molecule has 1 atom stereocenters. The molecular formula is C21H42O2. The van der Waals surface area contributed by atoms with E-state index in [9.17, 15) is 4.79 Å². The molecule has 0 radical (unpaired) electrons. The summed E-state index contributed by atoms with van der Waals surface area (Å²) in [6.07, 6.45) is 19.8. The third kappa shape index (κ3) is 17.7. The third-order valence-corrected chi connectivity index (χ3v) is 4.53. The Kier molecular flexibility index (Phi) is 17.4. The van der Waals surface area contributed by atoms with Gasteiger partial charge in [0.25, 0.3) is 0 Å². The highest BCUT2D eigenvalue weighted by molar-refractivity contribution is 5.69. The van der Waals surface area contributed by atoms with Crippen LogP contribution in [-0.2, 0) is 9.53 Å². The van der Waals surface area contributed by atoms with E-state index in [-0.39, 0.29) is 12.1 Å². The van der Waals surface area contributed by atoms with Crippen LogP contribution in [0.1, 0.15) is 124 Å². The van der Waals surface area contributed by atoms with Gasteiger partial charge in [0.05, 0.1) is 6.10 Å². The lowest BCUT2D eigenvalue weighted by Gasteiger charge is -2.12. The van der Waals surface area contributed by atoms with Gasteiger partial charge in [-0.15, -0.1) is 0 Å². The summed E-state index contributed by atoms with van der Waals surface area (Å²) in [7, 11) is 0. The van der Waals surface area contributed by atoms with Gasteiger partial charge in [0.2, 0.25) is 0 Å². The Morgan fingerprint density at radius 2 is 1.13 bits per heavy atom. The van der Waals surface area contributed by atoms with Gasteiger partial charge >= 0.3 is 5.97 Å². The molecule has 0 aliphatic carbocycles. The molecule has 1 unspecified atom stereocenters. The van der Waals surface area contributed by atoms with Crippen molar-refractivity contribution in [2.24, 2.45) is 0 Å². The molecule has 23 heavy (non-hydrogen) atoms. The van der Waals surface area contributed by atoms with Crippen molar-refractivity contribution in [3.63, 3.8) is 0 Å². The average molecular weight is 327 g/mol. The standard InChI is InChI=1S/C21H42O2/c1-4-6-8-9-10-11-12-13-14-15-17-19-21(22)23-20(3)18-16-7-5-2/h20H,4-19H2,1-3H3. The van der Waals surface area contributed by atoms with Crippen LogP contribution in [0.4, 0.5) is 0 Å². The van der Waals surface area contributed by atoms with Crippen LogP contribution < -0.4 is 0 Å². The predicted octanol–water partition coefficient (Wildman–Crippen LogP) is 7.20. The molecular weight excluding hydrogens is 284 g/mol. The van der Waals surface area contributed by atoms with Crippen molar-refractivity contribution in [2.45, 2.75) is 130 Å². The summed E-state index contributed by atoms with van der Waals surface area (Å²) in [4.78, 5) is 11.7. The van der Waals surface area contributed by atoms with Crippen LogP contribution in [0.25, 0.3) is 0 Å². The van der Waals surface area contributed by atoms with Gasteiger partial charge in [-0.05, 0) is 26.2 Å². The molecule has 0 amide bonds. The van der Waals surface area contributed by atoms with E-state index in [4.69, 9.17) is 4.74 Å². The maximum absolute atomic E-state index is 11.7. The Labute approximate surface area is 145 Å². The summed E-state index contributed by atoms with van der Waals surface area (Å²) >= 11 is 0. The molecule has 0 bridgehead atoms. The molecule has 0 spiro atoms. The van der Waals surface area contributed by atoms with E-state index in [2.05, 4.69) is 13.8 Å². The Morgan fingerprint density at radius 1 is 0.696 bits per heavy atom. The number of ether oxygens (including phenoxy) is 1. The second-order valence-electron chi connectivity index (χ2n) is 7.08. The summed E-state index contributed by atoms with van der Waals surface area (Å²) < 4.78 is 5.45. The van der Waals surface area contributed by atoms with Crippen molar-refractivity contribution in [3.8, 4) is 0 Å². The van der Waals surface area contributed by atoms with Crippen molar-refractivity contribution in [2.75, 3.05) is 0 Å². The van der Waals surface area contributed by atoms with Crippen LogP contribution in [0, 0.1) is 0 Å². The molecule has 0 aliphatic rings. The molecule has 0 N–H and O–H groups in total. The number of hydrogen-bond acceptors (Lipinski definition) is 2. The molecule has 0 aliphatic heterocycles. The second-order valence-corrected chi connectivity index (χ2v) is 7.08. The number of esters is 1. The molecule has 0 saturated carbocycles. The molecule has 138 valence electrons. The highest BCUT2D eigenvalue weighted by atomic mass is 16.5. The van der Waals surface area contributed by atoms with Crippen molar-refractivity contribution in [1.29, 1.82) is 0 Å². The highest BCUT2D eigenvalue weighted by Gasteiger charge is 2.08. The van der Waals surface area contributed by atoms with Gasteiger partial charge in [0.1, 0.15) is 0 Å². The Hall–Kier alpha value is -0.530. The lowest BCUT2D eigenvalue weighted by Crippen LogP contribution is -2.14. The van der Waals surface area contributed by atoms with E-state index < -0.39 is 0 Å². The molecule has 0 rings (SSSR count). The minimum absolute atomic E-state index is 0.00456. The number of unbranched alkanes of at least 4 members (excludes halogenated alkanes) is 12. The van der Waals surface area contributed by atoms with Crippen LogP contribution in [0.5, 0.6) is 0 Å². The molecule has 0 aromatic heterocycles. The maximum atomic E-state index is 11.7. The van der Waals surface area contributed by atoms with Gasteiger partial charge in [-0.25, -0.2) is 0 Å². The van der Waals surface area contributed by atoms with Crippen LogP contribution in [0.2, 0.25) is 0 Å². The monoisotopic (exact) mass is 326 g/mol. The highest BCUT2D eigenvalue weighted by Crippen LogP contribution is 2.13. The van der Waals surface area contributed by atoms with E-state index in [1.165, 1.54) is 83.5 Å². The summed E-state index contributed by atoms with van der Waals surface area (Å²) in [5.74, 6) is 0.00456. The SMILES string of the molecule is CCCCCCCCCCCCCC(=O)OC(C)CCCCC. The fourth-order valence-electron chi connectivity index (χ4n) is 2.96. The summed E-state index contributed by atoms with van der Waals surface area (Å²) in [6.45, 7) is 6.49. The van der Waals surface area contributed by atoms with Crippen LogP contribution in [0.15, 0.2) is 0 Å². The van der Waals surface area contributed by atoms with Crippen LogP contribution in [0.3, 0.4) is 0 Å². The Bertz CT molecular complexity index is 250. The topological polar surface area (TPSA) is 26.3 Å². The average Bonchev–Trinajstić information content (AvgIpc) is 2.52. The first kappa shape index (κ1) is 22.5. The molecule has 0 aromatic rings.